The van der Waals surface area contributed by atoms with E-state index < -0.39 is 12.0 Å². The maximum Gasteiger partial charge on any atom is 0.326 e. The van der Waals surface area contributed by atoms with Gasteiger partial charge in [0.25, 0.3) is 0 Å². The number of rotatable bonds is 8. The van der Waals surface area contributed by atoms with Crippen molar-refractivity contribution in [2.45, 2.75) is 32.1 Å². The molecule has 0 bridgehead atoms. The van der Waals surface area contributed by atoms with Crippen LogP contribution in [0.1, 0.15) is 25.8 Å². The SMILES string of the molecule is CCC(C)[C@H](NC(=O)CSCc1cccc(Cl)c1)C(=O)O. The second-order valence-corrected chi connectivity index (χ2v) is 6.31. The molecule has 0 spiro atoms. The van der Waals surface area contributed by atoms with Crippen LogP contribution in [-0.2, 0) is 15.3 Å². The number of hydrogen-bond donors (Lipinski definition) is 2. The fourth-order valence-electron chi connectivity index (χ4n) is 1.79. The van der Waals surface area contributed by atoms with Crippen LogP contribution in [-0.4, -0.2) is 28.8 Å². The molecule has 1 rings (SSSR count). The molecule has 0 aromatic heterocycles. The molecule has 1 unspecified atom stereocenters. The molecule has 0 aliphatic heterocycles. The monoisotopic (exact) mass is 329 g/mol. The second kappa shape index (κ2) is 8.95. The van der Waals surface area contributed by atoms with Crippen molar-refractivity contribution in [3.63, 3.8) is 0 Å². The summed E-state index contributed by atoms with van der Waals surface area (Å²) in [5.41, 5.74) is 1.04. The van der Waals surface area contributed by atoms with Gasteiger partial charge in [-0.05, 0) is 23.6 Å². The van der Waals surface area contributed by atoms with E-state index >= 15 is 0 Å². The molecule has 1 aromatic carbocycles. The van der Waals surface area contributed by atoms with Crippen molar-refractivity contribution in [3.05, 3.63) is 34.9 Å². The molecule has 116 valence electrons. The van der Waals surface area contributed by atoms with Gasteiger partial charge in [-0.2, -0.15) is 0 Å². The largest absolute Gasteiger partial charge is 0.480 e. The first-order chi connectivity index (χ1) is 9.93. The summed E-state index contributed by atoms with van der Waals surface area (Å²) in [7, 11) is 0. The molecular formula is C15H20ClNO3S. The summed E-state index contributed by atoms with van der Waals surface area (Å²) < 4.78 is 0. The van der Waals surface area contributed by atoms with Gasteiger partial charge in [-0.15, -0.1) is 11.8 Å². The number of aliphatic carboxylic acids is 1. The second-order valence-electron chi connectivity index (χ2n) is 4.89. The van der Waals surface area contributed by atoms with Crippen molar-refractivity contribution in [3.8, 4) is 0 Å². The molecule has 0 saturated heterocycles. The van der Waals surface area contributed by atoms with Gasteiger partial charge in [-0.3, -0.25) is 4.79 Å². The maximum absolute atomic E-state index is 11.8. The molecule has 0 heterocycles. The highest BCUT2D eigenvalue weighted by Gasteiger charge is 2.24. The lowest BCUT2D eigenvalue weighted by atomic mass is 9.99. The van der Waals surface area contributed by atoms with E-state index in [0.29, 0.717) is 17.2 Å². The normalized spacial score (nSPS) is 13.5. The lowest BCUT2D eigenvalue weighted by Crippen LogP contribution is -2.45. The summed E-state index contributed by atoms with van der Waals surface area (Å²) in [6.07, 6.45) is 0.701. The lowest BCUT2D eigenvalue weighted by Gasteiger charge is -2.20. The summed E-state index contributed by atoms with van der Waals surface area (Å²) in [5, 5.41) is 12.4. The van der Waals surface area contributed by atoms with E-state index in [0.717, 1.165) is 5.56 Å². The first kappa shape index (κ1) is 17.9. The number of benzene rings is 1. The molecule has 0 saturated carbocycles. The Hall–Kier alpha value is -1.20. The third-order valence-electron chi connectivity index (χ3n) is 3.19. The van der Waals surface area contributed by atoms with E-state index in [9.17, 15) is 9.59 Å². The first-order valence-corrected chi connectivity index (χ1v) is 8.31. The van der Waals surface area contributed by atoms with Crippen molar-refractivity contribution < 1.29 is 14.7 Å². The van der Waals surface area contributed by atoms with Crippen molar-refractivity contribution in [2.24, 2.45) is 5.92 Å². The molecule has 0 fully saturated rings. The van der Waals surface area contributed by atoms with Gasteiger partial charge >= 0.3 is 5.97 Å². The topological polar surface area (TPSA) is 66.4 Å². The molecule has 4 nitrogen and oxygen atoms in total. The van der Waals surface area contributed by atoms with Gasteiger partial charge < -0.3 is 10.4 Å². The lowest BCUT2D eigenvalue weighted by molar-refractivity contribution is -0.143. The van der Waals surface area contributed by atoms with Crippen LogP contribution in [0.4, 0.5) is 0 Å². The number of carboxylic acids is 1. The zero-order chi connectivity index (χ0) is 15.8. The summed E-state index contributed by atoms with van der Waals surface area (Å²) in [6, 6.07) is 6.63. The van der Waals surface area contributed by atoms with Gasteiger partial charge in [-0.25, -0.2) is 4.79 Å². The number of carbonyl (C=O) groups is 2. The minimum atomic E-state index is -0.988. The zero-order valence-corrected chi connectivity index (χ0v) is 13.7. The number of carbonyl (C=O) groups excluding carboxylic acids is 1. The maximum atomic E-state index is 11.8. The fourth-order valence-corrected chi connectivity index (χ4v) is 2.79. The van der Waals surface area contributed by atoms with E-state index in [4.69, 9.17) is 16.7 Å². The van der Waals surface area contributed by atoms with Gasteiger partial charge in [0.05, 0.1) is 5.75 Å². The third-order valence-corrected chi connectivity index (χ3v) is 4.43. The molecule has 1 aromatic rings. The van der Waals surface area contributed by atoms with Crippen LogP contribution >= 0.6 is 23.4 Å². The smallest absolute Gasteiger partial charge is 0.326 e. The molecule has 6 heteroatoms. The highest BCUT2D eigenvalue weighted by atomic mass is 35.5. The molecule has 21 heavy (non-hydrogen) atoms. The number of carboxylic acid groups (broad SMARTS) is 1. The Morgan fingerprint density at radius 3 is 2.71 bits per heavy atom. The summed E-state index contributed by atoms with van der Waals surface area (Å²) in [4.78, 5) is 22.9. The van der Waals surface area contributed by atoms with Gasteiger partial charge in [0.1, 0.15) is 6.04 Å². The van der Waals surface area contributed by atoms with Crippen LogP contribution in [0.25, 0.3) is 0 Å². The fraction of sp³-hybridized carbons (Fsp3) is 0.467. The molecule has 0 radical (unpaired) electrons. The van der Waals surface area contributed by atoms with Crippen LogP contribution in [0.5, 0.6) is 0 Å². The molecule has 0 aliphatic rings. The Balaban J connectivity index is 2.41. The Morgan fingerprint density at radius 2 is 2.14 bits per heavy atom. The quantitative estimate of drug-likeness (QED) is 0.768. The van der Waals surface area contributed by atoms with Crippen molar-refractivity contribution >= 4 is 35.2 Å². The van der Waals surface area contributed by atoms with Crippen LogP contribution < -0.4 is 5.32 Å². The van der Waals surface area contributed by atoms with Gasteiger partial charge in [-0.1, -0.05) is 44.0 Å². The van der Waals surface area contributed by atoms with Crippen LogP contribution in [0.15, 0.2) is 24.3 Å². The average Bonchev–Trinajstić information content (AvgIpc) is 2.43. The Bertz CT molecular complexity index is 496. The number of halogens is 1. The van der Waals surface area contributed by atoms with Crippen LogP contribution in [0.2, 0.25) is 5.02 Å². The van der Waals surface area contributed by atoms with E-state index in [2.05, 4.69) is 5.32 Å². The van der Waals surface area contributed by atoms with Gasteiger partial charge in [0, 0.05) is 10.8 Å². The van der Waals surface area contributed by atoms with Crippen molar-refractivity contribution in [1.82, 2.24) is 5.32 Å². The van der Waals surface area contributed by atoms with Crippen LogP contribution in [0.3, 0.4) is 0 Å². The predicted molar refractivity (Wildman–Crippen MR) is 86.6 cm³/mol. The molecule has 1 amide bonds. The van der Waals surface area contributed by atoms with E-state index in [1.807, 2.05) is 32.0 Å². The van der Waals surface area contributed by atoms with Gasteiger partial charge in [0.15, 0.2) is 0 Å². The molecule has 2 N–H and O–H groups in total. The zero-order valence-electron chi connectivity index (χ0n) is 12.1. The summed E-state index contributed by atoms with van der Waals surface area (Å²) >= 11 is 7.32. The van der Waals surface area contributed by atoms with Crippen LogP contribution in [0, 0.1) is 5.92 Å². The first-order valence-electron chi connectivity index (χ1n) is 6.78. The van der Waals surface area contributed by atoms with Gasteiger partial charge in [0.2, 0.25) is 5.91 Å². The minimum absolute atomic E-state index is 0.0932. The minimum Gasteiger partial charge on any atom is -0.480 e. The average molecular weight is 330 g/mol. The van der Waals surface area contributed by atoms with E-state index in [-0.39, 0.29) is 17.6 Å². The number of nitrogens with one attached hydrogen (secondary N) is 1. The summed E-state index contributed by atoms with van der Waals surface area (Å²) in [5.74, 6) is -0.446. The number of thioether (sulfide) groups is 1. The molecule has 0 aliphatic carbocycles. The van der Waals surface area contributed by atoms with E-state index in [1.54, 1.807) is 6.07 Å². The number of hydrogen-bond acceptors (Lipinski definition) is 3. The number of amides is 1. The molecule has 2 atom stereocenters. The predicted octanol–water partition coefficient (Wildman–Crippen LogP) is 3.19. The Morgan fingerprint density at radius 1 is 1.43 bits per heavy atom. The Kier molecular flexibility index (Phi) is 7.61. The van der Waals surface area contributed by atoms with E-state index in [1.165, 1.54) is 11.8 Å². The van der Waals surface area contributed by atoms with Crippen molar-refractivity contribution in [1.29, 1.82) is 0 Å². The van der Waals surface area contributed by atoms with Crippen molar-refractivity contribution in [2.75, 3.05) is 5.75 Å². The standard InChI is InChI=1S/C15H20ClNO3S/c1-3-10(2)14(15(19)20)17-13(18)9-21-8-11-5-4-6-12(16)7-11/h4-7,10,14H,3,8-9H2,1-2H3,(H,17,18)(H,19,20)/t10?,14-/m0/s1. The third kappa shape index (κ3) is 6.40. The summed E-state index contributed by atoms with van der Waals surface area (Å²) in [6.45, 7) is 3.72. The highest BCUT2D eigenvalue weighted by Crippen LogP contribution is 2.16. The molecular weight excluding hydrogens is 310 g/mol. The Labute approximate surface area is 134 Å². The highest BCUT2D eigenvalue weighted by molar-refractivity contribution is 7.99.